The fourth-order valence-electron chi connectivity index (χ4n) is 2.58. The van der Waals surface area contributed by atoms with E-state index in [1.54, 1.807) is 0 Å². The van der Waals surface area contributed by atoms with Gasteiger partial charge in [0.25, 0.3) is 0 Å². The number of alkyl halides is 1. The zero-order valence-electron chi connectivity index (χ0n) is 11.1. The summed E-state index contributed by atoms with van der Waals surface area (Å²) in [5, 5.41) is 5.08. The van der Waals surface area contributed by atoms with E-state index in [4.69, 9.17) is 4.84 Å². The number of hydrogen-bond acceptors (Lipinski definition) is 2. The Morgan fingerprint density at radius 1 is 0.950 bits per heavy atom. The average Bonchev–Trinajstić information content (AvgIpc) is 2.56. The van der Waals surface area contributed by atoms with Crippen molar-refractivity contribution in [2.24, 2.45) is 5.16 Å². The third-order valence-electron chi connectivity index (χ3n) is 3.66. The van der Waals surface area contributed by atoms with Crippen molar-refractivity contribution in [3.8, 4) is 0 Å². The van der Waals surface area contributed by atoms with Gasteiger partial charge in [-0.25, -0.2) is 0 Å². The van der Waals surface area contributed by atoms with Gasteiger partial charge in [0.15, 0.2) is 6.10 Å². The van der Waals surface area contributed by atoms with Crippen LogP contribution in [0.2, 0.25) is 0 Å². The van der Waals surface area contributed by atoms with Crippen molar-refractivity contribution in [1.82, 2.24) is 0 Å². The molecule has 0 N–H and O–H groups in total. The maximum atomic E-state index is 5.68. The molecule has 0 radical (unpaired) electrons. The second-order valence-corrected chi connectivity index (χ2v) is 5.48. The third kappa shape index (κ3) is 2.78. The van der Waals surface area contributed by atoms with Crippen LogP contribution in [0, 0.1) is 0 Å². The summed E-state index contributed by atoms with van der Waals surface area (Å²) >= 11 is 3.51. The average molecular weight is 330 g/mol. The Bertz CT molecular complexity index is 582. The standard InChI is InChI=1S/C17H16BrNO/c18-12-16-15(13-7-3-1-4-8-13)11-17(20-19-16)14-9-5-2-6-10-14/h1-10,15,17H,11-12H2/t15-,17+/m0/s1. The van der Waals surface area contributed by atoms with E-state index in [0.29, 0.717) is 5.92 Å². The van der Waals surface area contributed by atoms with Crippen LogP contribution >= 0.6 is 15.9 Å². The molecule has 1 aliphatic heterocycles. The Kier molecular flexibility index (Phi) is 4.16. The number of oxime groups is 1. The van der Waals surface area contributed by atoms with Crippen molar-refractivity contribution < 1.29 is 4.84 Å². The minimum Gasteiger partial charge on any atom is -0.388 e. The van der Waals surface area contributed by atoms with E-state index < -0.39 is 0 Å². The van der Waals surface area contributed by atoms with Gasteiger partial charge in [0.2, 0.25) is 0 Å². The molecular weight excluding hydrogens is 314 g/mol. The van der Waals surface area contributed by atoms with Gasteiger partial charge in [0, 0.05) is 17.7 Å². The molecule has 0 bridgehead atoms. The minimum atomic E-state index is 0.0317. The lowest BCUT2D eigenvalue weighted by atomic mass is 9.87. The molecular formula is C17H16BrNO. The summed E-state index contributed by atoms with van der Waals surface area (Å²) in [6.45, 7) is 0. The first-order chi connectivity index (χ1) is 9.88. The van der Waals surface area contributed by atoms with Crippen LogP contribution in [0.4, 0.5) is 0 Å². The SMILES string of the molecule is BrCC1=NO[C@@H](c2ccccc2)C[C@H]1c1ccccc1. The number of hydrogen-bond donors (Lipinski definition) is 0. The summed E-state index contributed by atoms with van der Waals surface area (Å²) in [5.41, 5.74) is 3.55. The highest BCUT2D eigenvalue weighted by molar-refractivity contribution is 9.09. The molecule has 0 saturated carbocycles. The largest absolute Gasteiger partial charge is 0.388 e. The molecule has 3 rings (SSSR count). The predicted octanol–water partition coefficient (Wildman–Crippen LogP) is 4.68. The van der Waals surface area contributed by atoms with E-state index in [0.717, 1.165) is 17.5 Å². The monoisotopic (exact) mass is 329 g/mol. The van der Waals surface area contributed by atoms with Crippen molar-refractivity contribution in [2.45, 2.75) is 18.4 Å². The maximum absolute atomic E-state index is 5.68. The van der Waals surface area contributed by atoms with Crippen molar-refractivity contribution in [3.63, 3.8) is 0 Å². The normalized spacial score (nSPS) is 21.9. The molecule has 2 nitrogen and oxygen atoms in total. The Balaban J connectivity index is 1.89. The van der Waals surface area contributed by atoms with Gasteiger partial charge in [-0.15, -0.1) is 0 Å². The molecule has 20 heavy (non-hydrogen) atoms. The van der Waals surface area contributed by atoms with Gasteiger partial charge in [-0.2, -0.15) is 0 Å². The lowest BCUT2D eigenvalue weighted by Gasteiger charge is -2.28. The Hall–Kier alpha value is -1.61. The highest BCUT2D eigenvalue weighted by Crippen LogP contribution is 2.36. The predicted molar refractivity (Wildman–Crippen MR) is 85.3 cm³/mol. The molecule has 0 saturated heterocycles. The van der Waals surface area contributed by atoms with Gasteiger partial charge >= 0.3 is 0 Å². The molecule has 3 heteroatoms. The minimum absolute atomic E-state index is 0.0317. The van der Waals surface area contributed by atoms with Crippen LogP contribution in [0.3, 0.4) is 0 Å². The van der Waals surface area contributed by atoms with Crippen LogP contribution in [0.15, 0.2) is 65.8 Å². The van der Waals surface area contributed by atoms with E-state index in [2.05, 4.69) is 57.5 Å². The van der Waals surface area contributed by atoms with Crippen molar-refractivity contribution in [2.75, 3.05) is 5.33 Å². The van der Waals surface area contributed by atoms with Gasteiger partial charge in [-0.3, -0.25) is 0 Å². The summed E-state index contributed by atoms with van der Waals surface area (Å²) in [5.74, 6) is 0.314. The summed E-state index contributed by atoms with van der Waals surface area (Å²) in [6.07, 6.45) is 0.961. The zero-order valence-corrected chi connectivity index (χ0v) is 12.7. The van der Waals surface area contributed by atoms with E-state index in [1.807, 2.05) is 24.3 Å². The molecule has 1 aliphatic rings. The first kappa shape index (κ1) is 13.4. The summed E-state index contributed by atoms with van der Waals surface area (Å²) < 4.78 is 0. The first-order valence-corrected chi connectivity index (χ1v) is 7.89. The fraction of sp³-hybridized carbons (Fsp3) is 0.235. The Labute approximate surface area is 127 Å². The molecule has 0 amide bonds. The molecule has 1 heterocycles. The molecule has 0 unspecified atom stereocenters. The number of benzene rings is 2. The lowest BCUT2D eigenvalue weighted by Crippen LogP contribution is -2.23. The van der Waals surface area contributed by atoms with Crippen molar-refractivity contribution in [3.05, 3.63) is 71.8 Å². The number of nitrogens with zero attached hydrogens (tertiary/aromatic N) is 1. The van der Waals surface area contributed by atoms with Crippen LogP contribution in [0.1, 0.15) is 29.6 Å². The quantitative estimate of drug-likeness (QED) is 0.749. The van der Waals surface area contributed by atoms with E-state index in [1.165, 1.54) is 11.1 Å². The van der Waals surface area contributed by atoms with Crippen molar-refractivity contribution >= 4 is 21.6 Å². The summed E-state index contributed by atoms with van der Waals surface area (Å²) in [7, 11) is 0. The van der Waals surface area contributed by atoms with Crippen LogP contribution in [-0.2, 0) is 4.84 Å². The van der Waals surface area contributed by atoms with Crippen LogP contribution in [-0.4, -0.2) is 11.0 Å². The van der Waals surface area contributed by atoms with Crippen LogP contribution < -0.4 is 0 Å². The molecule has 2 aromatic rings. The molecule has 0 aromatic heterocycles. The Morgan fingerprint density at radius 3 is 2.15 bits per heavy atom. The van der Waals surface area contributed by atoms with Gasteiger partial charge in [-0.1, -0.05) is 81.7 Å². The van der Waals surface area contributed by atoms with Gasteiger partial charge in [-0.05, 0) is 11.1 Å². The highest BCUT2D eigenvalue weighted by Gasteiger charge is 2.29. The van der Waals surface area contributed by atoms with Crippen molar-refractivity contribution in [1.29, 1.82) is 0 Å². The lowest BCUT2D eigenvalue weighted by molar-refractivity contribution is 0.0380. The number of rotatable bonds is 3. The first-order valence-electron chi connectivity index (χ1n) is 6.77. The van der Waals surface area contributed by atoms with Gasteiger partial charge in [0.1, 0.15) is 0 Å². The second kappa shape index (κ2) is 6.23. The molecule has 102 valence electrons. The van der Waals surface area contributed by atoms with Gasteiger partial charge in [0.05, 0.1) is 5.71 Å². The zero-order chi connectivity index (χ0) is 13.8. The maximum Gasteiger partial charge on any atom is 0.153 e. The Morgan fingerprint density at radius 2 is 1.55 bits per heavy atom. The van der Waals surface area contributed by atoms with Crippen LogP contribution in [0.5, 0.6) is 0 Å². The summed E-state index contributed by atoms with van der Waals surface area (Å²) in [4.78, 5) is 5.68. The number of halogens is 1. The molecule has 0 aliphatic carbocycles. The second-order valence-electron chi connectivity index (χ2n) is 4.92. The van der Waals surface area contributed by atoms with Crippen LogP contribution in [0.25, 0.3) is 0 Å². The van der Waals surface area contributed by atoms with E-state index in [-0.39, 0.29) is 6.10 Å². The fourth-order valence-corrected chi connectivity index (χ4v) is 3.08. The third-order valence-corrected chi connectivity index (χ3v) is 4.23. The molecule has 2 atom stereocenters. The highest BCUT2D eigenvalue weighted by atomic mass is 79.9. The smallest absolute Gasteiger partial charge is 0.153 e. The molecule has 0 fully saturated rings. The summed E-state index contributed by atoms with van der Waals surface area (Å²) in [6, 6.07) is 20.8. The molecule has 2 aromatic carbocycles. The van der Waals surface area contributed by atoms with E-state index >= 15 is 0 Å². The van der Waals surface area contributed by atoms with E-state index in [9.17, 15) is 0 Å². The topological polar surface area (TPSA) is 21.6 Å². The van der Waals surface area contributed by atoms with Gasteiger partial charge < -0.3 is 4.84 Å². The molecule has 0 spiro atoms.